The number of ether oxygens (including phenoxy) is 1. The molecule has 23 heavy (non-hydrogen) atoms. The average Bonchev–Trinajstić information content (AvgIpc) is 2.63. The van der Waals surface area contributed by atoms with E-state index in [0.29, 0.717) is 5.92 Å². The molecular formula is C19H23N3O. The number of hydrogen-bond acceptors (Lipinski definition) is 2. The quantitative estimate of drug-likeness (QED) is 0.674. The summed E-state index contributed by atoms with van der Waals surface area (Å²) >= 11 is 0. The first-order valence-electron chi connectivity index (χ1n) is 8.07. The molecule has 1 unspecified atom stereocenters. The summed E-state index contributed by atoms with van der Waals surface area (Å²) in [5.41, 5.74) is 2.52. The Morgan fingerprint density at radius 1 is 1.09 bits per heavy atom. The molecule has 2 aromatic rings. The first-order valence-corrected chi connectivity index (χ1v) is 8.07. The highest BCUT2D eigenvalue weighted by molar-refractivity contribution is 5.79. The molecule has 0 spiro atoms. The molecule has 4 nitrogen and oxygen atoms in total. The SMILES string of the molecule is CN=C(NCc1ccccc1)NCC1CCOc2ccccc21. The number of nitrogens with one attached hydrogen (secondary N) is 2. The third-order valence-electron chi connectivity index (χ3n) is 4.13. The molecule has 4 heteroatoms. The number of rotatable bonds is 4. The van der Waals surface area contributed by atoms with Crippen LogP contribution >= 0.6 is 0 Å². The maximum Gasteiger partial charge on any atom is 0.191 e. The summed E-state index contributed by atoms with van der Waals surface area (Å²) in [5, 5.41) is 6.79. The standard InChI is InChI=1S/C19H23N3O/c1-20-19(21-13-15-7-3-2-4-8-15)22-14-16-11-12-23-18-10-6-5-9-17(16)18/h2-10,16H,11-14H2,1H3,(H2,20,21,22). The number of hydrogen-bond donors (Lipinski definition) is 2. The minimum Gasteiger partial charge on any atom is -0.493 e. The molecule has 1 aliphatic heterocycles. The van der Waals surface area contributed by atoms with Gasteiger partial charge in [-0.05, 0) is 23.6 Å². The highest BCUT2D eigenvalue weighted by atomic mass is 16.5. The van der Waals surface area contributed by atoms with Gasteiger partial charge in [-0.3, -0.25) is 4.99 Å². The minimum atomic E-state index is 0.454. The lowest BCUT2D eigenvalue weighted by molar-refractivity contribution is 0.267. The topological polar surface area (TPSA) is 45.7 Å². The Balaban J connectivity index is 1.55. The number of guanidine groups is 1. The van der Waals surface area contributed by atoms with Crippen molar-refractivity contribution in [3.63, 3.8) is 0 Å². The molecule has 1 heterocycles. The molecule has 2 N–H and O–H groups in total. The Hall–Kier alpha value is -2.49. The van der Waals surface area contributed by atoms with Crippen LogP contribution in [0.25, 0.3) is 0 Å². The molecular weight excluding hydrogens is 286 g/mol. The lowest BCUT2D eigenvalue weighted by Crippen LogP contribution is -2.39. The molecule has 0 bridgehead atoms. The molecule has 0 aromatic heterocycles. The largest absolute Gasteiger partial charge is 0.493 e. The fourth-order valence-corrected chi connectivity index (χ4v) is 2.85. The van der Waals surface area contributed by atoms with Gasteiger partial charge in [-0.2, -0.15) is 0 Å². The first kappa shape index (κ1) is 15.4. The average molecular weight is 309 g/mol. The predicted octanol–water partition coefficient (Wildman–Crippen LogP) is 2.92. The third kappa shape index (κ3) is 4.03. The molecule has 0 saturated heterocycles. The fourth-order valence-electron chi connectivity index (χ4n) is 2.85. The van der Waals surface area contributed by atoms with Crippen molar-refractivity contribution in [1.29, 1.82) is 0 Å². The molecule has 1 atom stereocenters. The van der Waals surface area contributed by atoms with Crippen LogP contribution in [0, 0.1) is 0 Å². The van der Waals surface area contributed by atoms with Gasteiger partial charge in [0.1, 0.15) is 5.75 Å². The summed E-state index contributed by atoms with van der Waals surface area (Å²) in [6.45, 7) is 2.40. The van der Waals surface area contributed by atoms with Gasteiger partial charge in [-0.1, -0.05) is 48.5 Å². The van der Waals surface area contributed by atoms with Crippen LogP contribution < -0.4 is 15.4 Å². The molecule has 3 rings (SSSR count). The van der Waals surface area contributed by atoms with Crippen molar-refractivity contribution in [2.75, 3.05) is 20.2 Å². The van der Waals surface area contributed by atoms with Crippen LogP contribution in [0.2, 0.25) is 0 Å². The molecule has 0 fully saturated rings. The summed E-state index contributed by atoms with van der Waals surface area (Å²) in [6, 6.07) is 18.6. The Labute approximate surface area is 137 Å². The van der Waals surface area contributed by atoms with Crippen LogP contribution in [0.4, 0.5) is 0 Å². The van der Waals surface area contributed by atoms with Crippen molar-refractivity contribution in [2.45, 2.75) is 18.9 Å². The summed E-state index contributed by atoms with van der Waals surface area (Å²) in [6.07, 6.45) is 1.03. The van der Waals surface area contributed by atoms with E-state index < -0.39 is 0 Å². The molecule has 0 amide bonds. The van der Waals surface area contributed by atoms with E-state index >= 15 is 0 Å². The Kier molecular flexibility index (Phi) is 5.14. The van der Waals surface area contributed by atoms with E-state index in [9.17, 15) is 0 Å². The van der Waals surface area contributed by atoms with Crippen molar-refractivity contribution >= 4 is 5.96 Å². The lowest BCUT2D eigenvalue weighted by Gasteiger charge is -2.26. The third-order valence-corrected chi connectivity index (χ3v) is 4.13. The Morgan fingerprint density at radius 3 is 2.70 bits per heavy atom. The van der Waals surface area contributed by atoms with Gasteiger partial charge in [0.05, 0.1) is 6.61 Å². The van der Waals surface area contributed by atoms with Crippen LogP contribution in [-0.2, 0) is 6.54 Å². The molecule has 0 saturated carbocycles. The van der Waals surface area contributed by atoms with Crippen LogP contribution in [0.15, 0.2) is 59.6 Å². The van der Waals surface area contributed by atoms with E-state index in [1.807, 2.05) is 30.3 Å². The van der Waals surface area contributed by atoms with Gasteiger partial charge >= 0.3 is 0 Å². The maximum absolute atomic E-state index is 5.72. The van der Waals surface area contributed by atoms with Crippen molar-refractivity contribution in [2.24, 2.45) is 4.99 Å². The second-order valence-electron chi connectivity index (χ2n) is 5.66. The summed E-state index contributed by atoms with van der Waals surface area (Å²) < 4.78 is 5.72. The van der Waals surface area contributed by atoms with Crippen molar-refractivity contribution in [3.05, 3.63) is 65.7 Å². The highest BCUT2D eigenvalue weighted by Crippen LogP contribution is 2.32. The van der Waals surface area contributed by atoms with Gasteiger partial charge < -0.3 is 15.4 Å². The van der Waals surface area contributed by atoms with E-state index in [1.165, 1.54) is 11.1 Å². The summed E-state index contributed by atoms with van der Waals surface area (Å²) in [7, 11) is 1.80. The number of nitrogens with zero attached hydrogens (tertiary/aromatic N) is 1. The molecule has 120 valence electrons. The zero-order chi connectivity index (χ0) is 15.9. The Bertz CT molecular complexity index is 655. The number of benzene rings is 2. The fraction of sp³-hybridized carbons (Fsp3) is 0.316. The minimum absolute atomic E-state index is 0.454. The van der Waals surface area contributed by atoms with Crippen LogP contribution in [-0.4, -0.2) is 26.2 Å². The van der Waals surface area contributed by atoms with Crippen molar-refractivity contribution in [1.82, 2.24) is 10.6 Å². The van der Waals surface area contributed by atoms with Gasteiger partial charge in [-0.25, -0.2) is 0 Å². The van der Waals surface area contributed by atoms with E-state index in [0.717, 1.165) is 37.8 Å². The molecule has 1 aliphatic rings. The van der Waals surface area contributed by atoms with E-state index in [-0.39, 0.29) is 0 Å². The predicted molar refractivity (Wildman–Crippen MR) is 93.9 cm³/mol. The van der Waals surface area contributed by atoms with Crippen molar-refractivity contribution in [3.8, 4) is 5.75 Å². The maximum atomic E-state index is 5.72. The second-order valence-corrected chi connectivity index (χ2v) is 5.66. The van der Waals surface area contributed by atoms with E-state index in [2.05, 4.69) is 39.9 Å². The summed E-state index contributed by atoms with van der Waals surface area (Å²) in [5.74, 6) is 2.30. The number of fused-ring (bicyclic) bond motifs is 1. The Morgan fingerprint density at radius 2 is 1.87 bits per heavy atom. The molecule has 2 aromatic carbocycles. The zero-order valence-corrected chi connectivity index (χ0v) is 13.5. The smallest absolute Gasteiger partial charge is 0.191 e. The molecule has 0 aliphatic carbocycles. The van der Waals surface area contributed by atoms with Crippen LogP contribution in [0.5, 0.6) is 5.75 Å². The number of para-hydroxylation sites is 1. The van der Waals surface area contributed by atoms with Gasteiger partial charge in [-0.15, -0.1) is 0 Å². The number of aliphatic imine (C=N–C) groups is 1. The van der Waals surface area contributed by atoms with E-state index in [1.54, 1.807) is 7.05 Å². The van der Waals surface area contributed by atoms with E-state index in [4.69, 9.17) is 4.74 Å². The molecule has 0 radical (unpaired) electrons. The highest BCUT2D eigenvalue weighted by Gasteiger charge is 2.20. The van der Waals surface area contributed by atoms with Gasteiger partial charge in [0.2, 0.25) is 0 Å². The zero-order valence-electron chi connectivity index (χ0n) is 13.5. The van der Waals surface area contributed by atoms with Crippen molar-refractivity contribution < 1.29 is 4.74 Å². The van der Waals surface area contributed by atoms with Crippen LogP contribution in [0.1, 0.15) is 23.5 Å². The first-order chi connectivity index (χ1) is 11.4. The van der Waals surface area contributed by atoms with Gasteiger partial charge in [0, 0.05) is 26.1 Å². The van der Waals surface area contributed by atoms with Gasteiger partial charge in [0.25, 0.3) is 0 Å². The van der Waals surface area contributed by atoms with Crippen LogP contribution in [0.3, 0.4) is 0 Å². The monoisotopic (exact) mass is 309 g/mol. The second kappa shape index (κ2) is 7.68. The lowest BCUT2D eigenvalue weighted by atomic mass is 9.93. The van der Waals surface area contributed by atoms with Gasteiger partial charge in [0.15, 0.2) is 5.96 Å². The normalized spacial score (nSPS) is 17.1. The summed E-state index contributed by atoms with van der Waals surface area (Å²) in [4.78, 5) is 4.31.